The lowest BCUT2D eigenvalue weighted by Gasteiger charge is -2.40. The van der Waals surface area contributed by atoms with Crippen molar-refractivity contribution in [3.05, 3.63) is 29.0 Å². The van der Waals surface area contributed by atoms with Gasteiger partial charge in [0.2, 0.25) is 0 Å². The summed E-state index contributed by atoms with van der Waals surface area (Å²) in [5.41, 5.74) is 0.606. The average Bonchev–Trinajstić information content (AvgIpc) is 2.48. The molecule has 0 aromatic heterocycles. The van der Waals surface area contributed by atoms with Gasteiger partial charge in [0, 0.05) is 37.6 Å². The van der Waals surface area contributed by atoms with Gasteiger partial charge < -0.3 is 4.90 Å². The predicted molar refractivity (Wildman–Crippen MR) is 82.5 cm³/mol. The summed E-state index contributed by atoms with van der Waals surface area (Å²) >= 11 is 5.79. The maximum atomic E-state index is 14.0. The molecule has 2 fully saturated rings. The Morgan fingerprint density at radius 3 is 2.57 bits per heavy atom. The van der Waals surface area contributed by atoms with E-state index in [1.807, 2.05) is 4.90 Å². The van der Waals surface area contributed by atoms with E-state index in [1.165, 1.54) is 6.07 Å². The summed E-state index contributed by atoms with van der Waals surface area (Å²) in [4.78, 5) is 16.3. The first-order chi connectivity index (χ1) is 10.1. The summed E-state index contributed by atoms with van der Waals surface area (Å²) in [6.07, 6.45) is 3.87. The highest BCUT2D eigenvalue weighted by molar-refractivity contribution is 6.30. The average molecular weight is 311 g/mol. The number of rotatable bonds is 2. The van der Waals surface area contributed by atoms with Gasteiger partial charge in [0.05, 0.1) is 11.7 Å². The minimum atomic E-state index is -0.273. The molecule has 0 amide bonds. The first-order valence-electron chi connectivity index (χ1n) is 7.62. The smallest absolute Gasteiger partial charge is 0.149 e. The van der Waals surface area contributed by atoms with Crippen LogP contribution in [0.15, 0.2) is 18.2 Å². The van der Waals surface area contributed by atoms with E-state index < -0.39 is 0 Å². The molecule has 1 aromatic carbocycles. The van der Waals surface area contributed by atoms with Gasteiger partial charge in [-0.15, -0.1) is 0 Å². The van der Waals surface area contributed by atoms with Crippen LogP contribution in [0.25, 0.3) is 0 Å². The molecule has 114 valence electrons. The third-order valence-electron chi connectivity index (χ3n) is 4.53. The second kappa shape index (κ2) is 6.32. The lowest BCUT2D eigenvalue weighted by molar-refractivity contribution is -0.126. The number of anilines is 1. The van der Waals surface area contributed by atoms with Crippen molar-refractivity contribution in [2.24, 2.45) is 0 Å². The molecule has 0 spiro atoms. The molecule has 5 heteroatoms. The Labute approximate surface area is 129 Å². The molecule has 1 atom stereocenters. The van der Waals surface area contributed by atoms with E-state index in [4.69, 9.17) is 11.6 Å². The number of benzene rings is 1. The van der Waals surface area contributed by atoms with Crippen molar-refractivity contribution in [1.29, 1.82) is 0 Å². The maximum absolute atomic E-state index is 14.0. The molecule has 0 bridgehead atoms. The predicted octanol–water partition coefficient (Wildman–Crippen LogP) is 3.11. The number of piperazine rings is 1. The number of nitrogens with zero attached hydrogens (tertiary/aromatic N) is 2. The van der Waals surface area contributed by atoms with Crippen LogP contribution in [0.4, 0.5) is 10.1 Å². The van der Waals surface area contributed by atoms with Crippen LogP contribution in [0, 0.1) is 5.82 Å². The van der Waals surface area contributed by atoms with Gasteiger partial charge in [0.15, 0.2) is 0 Å². The SMILES string of the molecule is O=C1CCCCC1N1CCN(c2ccc(Cl)cc2F)CC1. The van der Waals surface area contributed by atoms with Gasteiger partial charge in [-0.05, 0) is 31.0 Å². The lowest BCUT2D eigenvalue weighted by atomic mass is 9.92. The summed E-state index contributed by atoms with van der Waals surface area (Å²) in [5, 5.41) is 0.419. The zero-order valence-electron chi connectivity index (χ0n) is 12.0. The van der Waals surface area contributed by atoms with E-state index in [1.54, 1.807) is 12.1 Å². The molecule has 1 aromatic rings. The van der Waals surface area contributed by atoms with Crippen LogP contribution < -0.4 is 4.90 Å². The highest BCUT2D eigenvalue weighted by Gasteiger charge is 2.30. The largest absolute Gasteiger partial charge is 0.367 e. The molecule has 0 N–H and O–H groups in total. The highest BCUT2D eigenvalue weighted by Crippen LogP contribution is 2.26. The summed E-state index contributed by atoms with van der Waals surface area (Å²) in [6.45, 7) is 3.14. The molecule has 21 heavy (non-hydrogen) atoms. The fourth-order valence-corrected chi connectivity index (χ4v) is 3.52. The fourth-order valence-electron chi connectivity index (χ4n) is 3.36. The molecule has 1 heterocycles. The first-order valence-corrected chi connectivity index (χ1v) is 8.00. The lowest BCUT2D eigenvalue weighted by Crippen LogP contribution is -2.53. The molecule has 3 nitrogen and oxygen atoms in total. The summed E-state index contributed by atoms with van der Waals surface area (Å²) in [6, 6.07) is 4.90. The van der Waals surface area contributed by atoms with Crippen molar-refractivity contribution in [1.82, 2.24) is 4.90 Å². The molecule has 3 rings (SSSR count). The first kappa shape index (κ1) is 14.8. The van der Waals surface area contributed by atoms with Crippen molar-refractivity contribution in [2.45, 2.75) is 31.7 Å². The van der Waals surface area contributed by atoms with Gasteiger partial charge in [0.1, 0.15) is 11.6 Å². The zero-order chi connectivity index (χ0) is 14.8. The van der Waals surface area contributed by atoms with E-state index in [-0.39, 0.29) is 11.9 Å². The van der Waals surface area contributed by atoms with E-state index >= 15 is 0 Å². The van der Waals surface area contributed by atoms with Crippen molar-refractivity contribution >= 4 is 23.1 Å². The molecule has 1 saturated heterocycles. The number of halogens is 2. The van der Waals surface area contributed by atoms with Crippen LogP contribution in [-0.2, 0) is 4.79 Å². The monoisotopic (exact) mass is 310 g/mol. The number of Topliss-reactive ketones (excluding diaryl/α,β-unsaturated/α-hetero) is 1. The van der Waals surface area contributed by atoms with Crippen LogP contribution in [0.1, 0.15) is 25.7 Å². The fraction of sp³-hybridized carbons (Fsp3) is 0.562. The van der Waals surface area contributed by atoms with E-state index in [0.29, 0.717) is 16.5 Å². The van der Waals surface area contributed by atoms with Crippen molar-refractivity contribution in [3.63, 3.8) is 0 Å². The van der Waals surface area contributed by atoms with Crippen molar-refractivity contribution in [2.75, 3.05) is 31.1 Å². The molecule has 0 radical (unpaired) electrons. The zero-order valence-corrected chi connectivity index (χ0v) is 12.8. The standard InChI is InChI=1S/C16H20ClFN2O/c17-12-5-6-14(13(18)11-12)19-7-9-20(10-8-19)15-3-1-2-4-16(15)21/h5-6,11,15H,1-4,7-10H2. The van der Waals surface area contributed by atoms with Gasteiger partial charge in [-0.2, -0.15) is 0 Å². The van der Waals surface area contributed by atoms with E-state index in [9.17, 15) is 9.18 Å². The van der Waals surface area contributed by atoms with Crippen LogP contribution in [0.5, 0.6) is 0 Å². The number of carbonyl (C=O) groups is 1. The van der Waals surface area contributed by atoms with Crippen LogP contribution in [0.2, 0.25) is 5.02 Å². The van der Waals surface area contributed by atoms with Crippen molar-refractivity contribution < 1.29 is 9.18 Å². The number of carbonyl (C=O) groups excluding carboxylic acids is 1. The number of hydrogen-bond donors (Lipinski definition) is 0. The minimum absolute atomic E-state index is 0.0935. The molecular weight excluding hydrogens is 291 g/mol. The second-order valence-corrected chi connectivity index (χ2v) is 6.28. The van der Waals surface area contributed by atoms with Gasteiger partial charge in [-0.25, -0.2) is 4.39 Å². The van der Waals surface area contributed by atoms with Crippen LogP contribution >= 0.6 is 11.6 Å². The van der Waals surface area contributed by atoms with Gasteiger partial charge in [0.25, 0.3) is 0 Å². The third kappa shape index (κ3) is 3.22. The molecule has 1 unspecified atom stereocenters. The molecule has 1 aliphatic heterocycles. The molecule has 2 aliphatic rings. The summed E-state index contributed by atoms with van der Waals surface area (Å²) in [7, 11) is 0. The molecule has 1 saturated carbocycles. The Hall–Kier alpha value is -1.13. The minimum Gasteiger partial charge on any atom is -0.367 e. The summed E-state index contributed by atoms with van der Waals surface area (Å²) < 4.78 is 14.0. The molecular formula is C16H20ClFN2O. The van der Waals surface area contributed by atoms with Crippen LogP contribution in [0.3, 0.4) is 0 Å². The number of ketones is 1. The van der Waals surface area contributed by atoms with E-state index in [2.05, 4.69) is 4.90 Å². The van der Waals surface area contributed by atoms with Gasteiger partial charge in [-0.1, -0.05) is 18.0 Å². The number of hydrogen-bond acceptors (Lipinski definition) is 3. The van der Waals surface area contributed by atoms with Gasteiger partial charge in [-0.3, -0.25) is 9.69 Å². The topological polar surface area (TPSA) is 23.6 Å². The quantitative estimate of drug-likeness (QED) is 0.838. The van der Waals surface area contributed by atoms with Crippen molar-refractivity contribution in [3.8, 4) is 0 Å². The molecule has 1 aliphatic carbocycles. The Balaban J connectivity index is 1.63. The Kier molecular flexibility index (Phi) is 4.45. The van der Waals surface area contributed by atoms with E-state index in [0.717, 1.165) is 51.9 Å². The van der Waals surface area contributed by atoms with Crippen LogP contribution in [-0.4, -0.2) is 42.9 Å². The maximum Gasteiger partial charge on any atom is 0.149 e. The third-order valence-corrected chi connectivity index (χ3v) is 4.76. The Morgan fingerprint density at radius 1 is 1.14 bits per heavy atom. The van der Waals surface area contributed by atoms with Gasteiger partial charge >= 0.3 is 0 Å². The normalized spacial score (nSPS) is 24.4. The Morgan fingerprint density at radius 2 is 1.90 bits per heavy atom. The second-order valence-electron chi connectivity index (χ2n) is 5.85. The highest BCUT2D eigenvalue weighted by atomic mass is 35.5. The Bertz CT molecular complexity index is 529. The summed E-state index contributed by atoms with van der Waals surface area (Å²) in [5.74, 6) is 0.108.